The van der Waals surface area contributed by atoms with E-state index in [1.165, 1.54) is 12.1 Å². The van der Waals surface area contributed by atoms with Crippen LogP contribution < -0.4 is 5.32 Å². The van der Waals surface area contributed by atoms with Gasteiger partial charge in [0.2, 0.25) is 0 Å². The van der Waals surface area contributed by atoms with E-state index >= 15 is 0 Å². The quantitative estimate of drug-likeness (QED) is 0.693. The lowest BCUT2D eigenvalue weighted by Gasteiger charge is -2.31. The average Bonchev–Trinajstić information content (AvgIpc) is 3.11. The Bertz CT molecular complexity index is 1010. The lowest BCUT2D eigenvalue weighted by atomic mass is 9.85. The van der Waals surface area contributed by atoms with Gasteiger partial charge in [-0.3, -0.25) is 0 Å². The summed E-state index contributed by atoms with van der Waals surface area (Å²) >= 11 is 0. The molecule has 2 N–H and O–H groups in total. The fourth-order valence-corrected chi connectivity index (χ4v) is 3.83. The third-order valence-electron chi connectivity index (χ3n) is 5.18. The molecule has 1 fully saturated rings. The fourth-order valence-electron chi connectivity index (χ4n) is 3.83. The zero-order chi connectivity index (χ0) is 19.2. The van der Waals surface area contributed by atoms with Gasteiger partial charge in [-0.25, -0.2) is 9.78 Å². The maximum Gasteiger partial charge on any atom is 0.391 e. The largest absolute Gasteiger partial charge is 0.478 e. The van der Waals surface area contributed by atoms with E-state index in [4.69, 9.17) is 0 Å². The number of carboxylic acids is 1. The Morgan fingerprint density at radius 3 is 2.78 bits per heavy atom. The highest BCUT2D eigenvalue weighted by Gasteiger charge is 2.42. The maximum atomic E-state index is 13.1. The summed E-state index contributed by atoms with van der Waals surface area (Å²) in [5, 5.41) is 12.4. The van der Waals surface area contributed by atoms with Crippen LogP contribution in [0.4, 0.5) is 19.0 Å². The zero-order valence-corrected chi connectivity index (χ0v) is 14.3. The molecule has 1 saturated carbocycles. The first kappa shape index (κ1) is 17.6. The number of anilines is 1. The third-order valence-corrected chi connectivity index (χ3v) is 5.18. The van der Waals surface area contributed by atoms with E-state index in [0.29, 0.717) is 24.2 Å². The first-order valence-corrected chi connectivity index (χ1v) is 8.80. The normalized spacial score (nSPS) is 20.9. The number of halogens is 3. The molecule has 0 amide bonds. The molecule has 142 valence electrons. The van der Waals surface area contributed by atoms with Gasteiger partial charge in [0, 0.05) is 12.2 Å². The minimum atomic E-state index is -4.18. The maximum absolute atomic E-state index is 13.1. The first-order chi connectivity index (χ1) is 12.8. The molecular formula is C19H18F3N3O2. The van der Waals surface area contributed by atoms with E-state index in [-0.39, 0.29) is 24.4 Å². The molecule has 27 heavy (non-hydrogen) atoms. The Kier molecular flexibility index (Phi) is 4.20. The van der Waals surface area contributed by atoms with Crippen LogP contribution in [0, 0.1) is 5.92 Å². The summed E-state index contributed by atoms with van der Waals surface area (Å²) in [5.41, 5.74) is 2.08. The van der Waals surface area contributed by atoms with Crippen molar-refractivity contribution >= 4 is 28.3 Å². The van der Waals surface area contributed by atoms with Gasteiger partial charge in [0.25, 0.3) is 0 Å². The molecule has 1 aromatic carbocycles. The summed E-state index contributed by atoms with van der Waals surface area (Å²) in [4.78, 5) is 15.8. The molecule has 2 heterocycles. The number of rotatable bonds is 3. The van der Waals surface area contributed by atoms with Gasteiger partial charge in [-0.2, -0.15) is 13.2 Å². The van der Waals surface area contributed by atoms with Crippen molar-refractivity contribution in [3.63, 3.8) is 0 Å². The van der Waals surface area contributed by atoms with Crippen molar-refractivity contribution in [3.05, 3.63) is 42.1 Å². The highest BCUT2D eigenvalue weighted by Crippen LogP contribution is 2.38. The number of hydrogen-bond acceptors (Lipinski definition) is 3. The van der Waals surface area contributed by atoms with Crippen molar-refractivity contribution in [2.45, 2.75) is 37.9 Å². The Hall–Kier alpha value is -2.77. The number of nitrogens with one attached hydrogen (secondary N) is 1. The van der Waals surface area contributed by atoms with E-state index in [9.17, 15) is 23.1 Å². The third kappa shape index (κ3) is 3.31. The summed E-state index contributed by atoms with van der Waals surface area (Å²) in [5.74, 6) is -1.88. The van der Waals surface area contributed by atoms with Gasteiger partial charge in [-0.05, 0) is 49.6 Å². The molecule has 0 radical (unpaired) electrons. The second kappa shape index (κ2) is 6.44. The Morgan fingerprint density at radius 1 is 1.22 bits per heavy atom. The minimum absolute atomic E-state index is 0.0191. The number of nitrogens with zero attached hydrogens (tertiary/aromatic N) is 2. The smallest absolute Gasteiger partial charge is 0.391 e. The summed E-state index contributed by atoms with van der Waals surface area (Å²) in [6, 6.07) is 8.01. The predicted molar refractivity (Wildman–Crippen MR) is 95.1 cm³/mol. The van der Waals surface area contributed by atoms with Crippen molar-refractivity contribution in [1.82, 2.24) is 9.38 Å². The molecule has 0 aliphatic heterocycles. The summed E-state index contributed by atoms with van der Waals surface area (Å²) < 4.78 is 41.1. The standard InChI is InChI=1S/C19H18F3N3O2/c20-19(21,22)12-3-1-4-13(10-12)23-17-16-5-2-8-25(16)15-7-6-11(18(26)27)9-14(15)24-17/h2,5-9,12-13H,1,3-4,10H2,(H,23,24)(H,26,27). The molecule has 2 unspecified atom stereocenters. The second-order valence-electron chi connectivity index (χ2n) is 6.98. The second-order valence-corrected chi connectivity index (χ2v) is 6.98. The molecule has 5 nitrogen and oxygen atoms in total. The van der Waals surface area contributed by atoms with Gasteiger partial charge in [-0.15, -0.1) is 0 Å². The van der Waals surface area contributed by atoms with Crippen LogP contribution in [-0.4, -0.2) is 32.7 Å². The van der Waals surface area contributed by atoms with E-state index < -0.39 is 18.1 Å². The highest BCUT2D eigenvalue weighted by atomic mass is 19.4. The number of aromatic carboxylic acids is 1. The van der Waals surface area contributed by atoms with Crippen molar-refractivity contribution in [3.8, 4) is 0 Å². The molecule has 1 aliphatic carbocycles. The summed E-state index contributed by atoms with van der Waals surface area (Å²) in [6.07, 6.45) is -1.02. The van der Waals surface area contributed by atoms with Crippen LogP contribution in [0.3, 0.4) is 0 Å². The lowest BCUT2D eigenvalue weighted by Crippen LogP contribution is -2.34. The number of fused-ring (bicyclic) bond motifs is 3. The van der Waals surface area contributed by atoms with Crippen molar-refractivity contribution in [2.75, 3.05) is 5.32 Å². The van der Waals surface area contributed by atoms with Gasteiger partial charge in [0.05, 0.1) is 28.0 Å². The van der Waals surface area contributed by atoms with Crippen LogP contribution >= 0.6 is 0 Å². The van der Waals surface area contributed by atoms with Gasteiger partial charge in [-0.1, -0.05) is 6.42 Å². The molecular weight excluding hydrogens is 359 g/mol. The zero-order valence-electron chi connectivity index (χ0n) is 14.3. The summed E-state index contributed by atoms with van der Waals surface area (Å²) in [6.45, 7) is 0. The predicted octanol–water partition coefficient (Wildman–Crippen LogP) is 4.72. The molecule has 2 atom stereocenters. The Labute approximate surface area is 152 Å². The van der Waals surface area contributed by atoms with Crippen molar-refractivity contribution in [2.24, 2.45) is 5.92 Å². The Morgan fingerprint density at radius 2 is 2.04 bits per heavy atom. The van der Waals surface area contributed by atoms with E-state index in [0.717, 1.165) is 11.0 Å². The van der Waals surface area contributed by atoms with Crippen LogP contribution in [0.25, 0.3) is 16.6 Å². The van der Waals surface area contributed by atoms with Crippen molar-refractivity contribution < 1.29 is 23.1 Å². The highest BCUT2D eigenvalue weighted by molar-refractivity contribution is 5.94. The van der Waals surface area contributed by atoms with Gasteiger partial charge >= 0.3 is 12.1 Å². The topological polar surface area (TPSA) is 66.6 Å². The summed E-state index contributed by atoms with van der Waals surface area (Å²) in [7, 11) is 0. The number of alkyl halides is 3. The number of carbonyl (C=O) groups is 1. The molecule has 8 heteroatoms. The number of hydrogen-bond donors (Lipinski definition) is 2. The fraction of sp³-hybridized carbons (Fsp3) is 0.368. The van der Waals surface area contributed by atoms with Crippen LogP contribution in [0.2, 0.25) is 0 Å². The lowest BCUT2D eigenvalue weighted by molar-refractivity contribution is -0.182. The van der Waals surface area contributed by atoms with E-state index in [2.05, 4.69) is 10.3 Å². The van der Waals surface area contributed by atoms with E-state index in [1.807, 2.05) is 22.7 Å². The molecule has 0 saturated heterocycles. The molecule has 2 aromatic heterocycles. The van der Waals surface area contributed by atoms with E-state index in [1.54, 1.807) is 6.07 Å². The number of carboxylic acid groups (broad SMARTS) is 1. The SMILES string of the molecule is O=C(O)c1ccc2c(c1)nc(NC1CCCC(C(F)(F)F)C1)c1cccn12. The molecule has 0 spiro atoms. The van der Waals surface area contributed by atoms with Crippen LogP contribution in [0.1, 0.15) is 36.0 Å². The van der Waals surface area contributed by atoms with Crippen LogP contribution in [0.15, 0.2) is 36.5 Å². The molecule has 0 bridgehead atoms. The number of aromatic nitrogens is 2. The van der Waals surface area contributed by atoms with Gasteiger partial charge in [0.1, 0.15) is 0 Å². The average molecular weight is 377 g/mol. The molecule has 3 aromatic rings. The molecule has 1 aliphatic rings. The monoisotopic (exact) mass is 377 g/mol. The Balaban J connectivity index is 1.72. The first-order valence-electron chi connectivity index (χ1n) is 8.80. The van der Waals surface area contributed by atoms with Gasteiger partial charge in [0.15, 0.2) is 5.82 Å². The van der Waals surface area contributed by atoms with Gasteiger partial charge < -0.3 is 14.8 Å². The molecule has 4 rings (SSSR count). The minimum Gasteiger partial charge on any atom is -0.478 e. The van der Waals surface area contributed by atoms with Crippen molar-refractivity contribution in [1.29, 1.82) is 0 Å². The van der Waals surface area contributed by atoms with Crippen LogP contribution in [0.5, 0.6) is 0 Å². The van der Waals surface area contributed by atoms with Crippen LogP contribution in [-0.2, 0) is 0 Å². The number of benzene rings is 1.